The maximum Gasteiger partial charge on any atom is 0.244 e. The van der Waals surface area contributed by atoms with Crippen molar-refractivity contribution in [3.05, 3.63) is 76.5 Å². The Hall–Kier alpha value is -2.27. The number of carbonyl (C=O) groups excluding carboxylic acids is 2. The molecule has 1 amide bonds. The first-order chi connectivity index (χ1) is 10.1. The van der Waals surface area contributed by atoms with E-state index >= 15 is 0 Å². The molecule has 2 rings (SSSR count). The van der Waals surface area contributed by atoms with Gasteiger partial charge in [0.15, 0.2) is 5.78 Å². The molecule has 1 heterocycles. The van der Waals surface area contributed by atoms with Gasteiger partial charge in [0, 0.05) is 35.1 Å². The zero-order chi connectivity index (χ0) is 15.1. The van der Waals surface area contributed by atoms with Gasteiger partial charge in [-0.25, -0.2) is 0 Å². The number of halogens is 1. The van der Waals surface area contributed by atoms with Crippen LogP contribution in [0.15, 0.2) is 65.4 Å². The predicted octanol–water partition coefficient (Wildman–Crippen LogP) is 2.90. The number of rotatable bonds is 5. The van der Waals surface area contributed by atoms with E-state index in [1.807, 2.05) is 6.07 Å². The van der Waals surface area contributed by atoms with Crippen LogP contribution in [0, 0.1) is 0 Å². The highest BCUT2D eigenvalue weighted by Gasteiger charge is 2.02. The third kappa shape index (κ3) is 4.96. The van der Waals surface area contributed by atoms with Crippen LogP contribution in [-0.2, 0) is 11.3 Å². The van der Waals surface area contributed by atoms with E-state index in [1.54, 1.807) is 42.7 Å². The molecule has 1 N–H and O–H groups in total. The summed E-state index contributed by atoms with van der Waals surface area (Å²) in [7, 11) is 0. The van der Waals surface area contributed by atoms with Gasteiger partial charge >= 0.3 is 0 Å². The summed E-state index contributed by atoms with van der Waals surface area (Å²) in [6.07, 6.45) is 5.85. The summed E-state index contributed by atoms with van der Waals surface area (Å²) < 4.78 is 0.900. The van der Waals surface area contributed by atoms with Crippen LogP contribution < -0.4 is 5.32 Å². The van der Waals surface area contributed by atoms with E-state index in [1.165, 1.54) is 12.2 Å². The van der Waals surface area contributed by atoms with Crippen molar-refractivity contribution in [2.75, 3.05) is 0 Å². The number of amides is 1. The highest BCUT2D eigenvalue weighted by atomic mass is 79.9. The Morgan fingerprint density at radius 1 is 1.14 bits per heavy atom. The van der Waals surface area contributed by atoms with Crippen LogP contribution in [-0.4, -0.2) is 16.7 Å². The van der Waals surface area contributed by atoms with Crippen molar-refractivity contribution < 1.29 is 9.59 Å². The van der Waals surface area contributed by atoms with E-state index in [9.17, 15) is 9.59 Å². The normalized spacial score (nSPS) is 10.5. The van der Waals surface area contributed by atoms with Crippen molar-refractivity contribution in [1.82, 2.24) is 10.3 Å². The second kappa shape index (κ2) is 7.50. The van der Waals surface area contributed by atoms with Crippen molar-refractivity contribution >= 4 is 27.6 Å². The molecule has 0 atom stereocenters. The molecule has 0 spiro atoms. The molecule has 0 fully saturated rings. The molecule has 0 aliphatic rings. The molecule has 2 aromatic rings. The lowest BCUT2D eigenvalue weighted by atomic mass is 10.1. The van der Waals surface area contributed by atoms with Gasteiger partial charge < -0.3 is 5.32 Å². The van der Waals surface area contributed by atoms with Crippen LogP contribution in [0.1, 0.15) is 15.9 Å². The van der Waals surface area contributed by atoms with Crippen LogP contribution in [0.2, 0.25) is 0 Å². The number of pyridine rings is 1. The molecule has 0 bridgehead atoms. The lowest BCUT2D eigenvalue weighted by Gasteiger charge is -2.01. The molecule has 0 aliphatic carbocycles. The van der Waals surface area contributed by atoms with Gasteiger partial charge in [0.25, 0.3) is 0 Å². The minimum Gasteiger partial charge on any atom is -0.348 e. The van der Waals surface area contributed by atoms with E-state index in [0.29, 0.717) is 12.1 Å². The molecule has 0 unspecified atom stereocenters. The van der Waals surface area contributed by atoms with Crippen LogP contribution in [0.25, 0.3) is 0 Å². The second-order valence-corrected chi connectivity index (χ2v) is 5.20. The van der Waals surface area contributed by atoms with E-state index < -0.39 is 0 Å². The van der Waals surface area contributed by atoms with Gasteiger partial charge in [-0.1, -0.05) is 22.0 Å². The Morgan fingerprint density at radius 2 is 1.90 bits per heavy atom. The number of hydrogen-bond donors (Lipinski definition) is 1. The summed E-state index contributed by atoms with van der Waals surface area (Å²) in [6, 6.07) is 10.6. The fraction of sp³-hybridized carbons (Fsp3) is 0.0625. The first-order valence-electron chi connectivity index (χ1n) is 6.30. The second-order valence-electron chi connectivity index (χ2n) is 4.28. The average Bonchev–Trinajstić information content (AvgIpc) is 2.52. The van der Waals surface area contributed by atoms with Crippen molar-refractivity contribution in [1.29, 1.82) is 0 Å². The Bertz CT molecular complexity index is 652. The van der Waals surface area contributed by atoms with Gasteiger partial charge in [-0.15, -0.1) is 0 Å². The van der Waals surface area contributed by atoms with Crippen molar-refractivity contribution in [2.45, 2.75) is 6.54 Å². The number of carbonyl (C=O) groups is 2. The average molecular weight is 345 g/mol. The predicted molar refractivity (Wildman–Crippen MR) is 83.7 cm³/mol. The van der Waals surface area contributed by atoms with Gasteiger partial charge in [-0.05, 0) is 42.0 Å². The molecule has 0 saturated carbocycles. The van der Waals surface area contributed by atoms with E-state index in [0.717, 1.165) is 10.0 Å². The first kappa shape index (κ1) is 15.1. The van der Waals surface area contributed by atoms with Gasteiger partial charge in [-0.2, -0.15) is 0 Å². The van der Waals surface area contributed by atoms with Crippen LogP contribution >= 0.6 is 15.9 Å². The van der Waals surface area contributed by atoms with E-state index in [-0.39, 0.29) is 11.7 Å². The molecule has 1 aromatic heterocycles. The van der Waals surface area contributed by atoms with Gasteiger partial charge in [-0.3, -0.25) is 14.6 Å². The lowest BCUT2D eigenvalue weighted by molar-refractivity contribution is -0.116. The minimum absolute atomic E-state index is 0.209. The first-order valence-corrected chi connectivity index (χ1v) is 7.09. The van der Waals surface area contributed by atoms with Crippen molar-refractivity contribution in [2.24, 2.45) is 0 Å². The molecule has 1 aromatic carbocycles. The fourth-order valence-electron chi connectivity index (χ4n) is 1.61. The Labute approximate surface area is 131 Å². The number of hydrogen-bond acceptors (Lipinski definition) is 3. The summed E-state index contributed by atoms with van der Waals surface area (Å²) in [5.41, 5.74) is 1.44. The third-order valence-corrected chi connectivity index (χ3v) is 3.23. The number of nitrogens with zero attached hydrogens (tertiary/aromatic N) is 1. The molecule has 5 heteroatoms. The summed E-state index contributed by atoms with van der Waals surface area (Å²) in [5, 5.41) is 2.69. The summed E-state index contributed by atoms with van der Waals surface area (Å²) >= 11 is 3.30. The fourth-order valence-corrected chi connectivity index (χ4v) is 1.88. The number of nitrogens with one attached hydrogen (secondary N) is 1. The van der Waals surface area contributed by atoms with Gasteiger partial charge in [0.05, 0.1) is 0 Å². The molecule has 0 aliphatic heterocycles. The Balaban J connectivity index is 1.87. The minimum atomic E-state index is -0.315. The summed E-state index contributed by atoms with van der Waals surface area (Å²) in [4.78, 5) is 27.4. The topological polar surface area (TPSA) is 59.1 Å². The molecule has 0 radical (unpaired) electrons. The highest BCUT2D eigenvalue weighted by Crippen LogP contribution is 2.11. The standard InChI is InChI=1S/C16H13BrN2O2/c17-14-5-3-13(4-6-14)15(20)7-8-16(21)19-11-12-2-1-9-18-10-12/h1-10H,11H2,(H,19,21)/b8-7+. The molecule has 106 valence electrons. The molecule has 0 saturated heterocycles. The van der Waals surface area contributed by atoms with Gasteiger partial charge in [0.1, 0.15) is 0 Å². The lowest BCUT2D eigenvalue weighted by Crippen LogP contribution is -2.20. The molecule has 4 nitrogen and oxygen atoms in total. The number of allylic oxidation sites excluding steroid dienone is 1. The molecule has 21 heavy (non-hydrogen) atoms. The summed E-state index contributed by atoms with van der Waals surface area (Å²) in [6.45, 7) is 0.378. The van der Waals surface area contributed by atoms with Crippen LogP contribution in [0.3, 0.4) is 0 Å². The highest BCUT2D eigenvalue weighted by molar-refractivity contribution is 9.10. The Kier molecular flexibility index (Phi) is 5.40. The smallest absolute Gasteiger partial charge is 0.244 e. The number of benzene rings is 1. The Morgan fingerprint density at radius 3 is 2.57 bits per heavy atom. The van der Waals surface area contributed by atoms with Crippen LogP contribution in [0.4, 0.5) is 0 Å². The maximum atomic E-state index is 11.8. The summed E-state index contributed by atoms with van der Waals surface area (Å²) in [5.74, 6) is -0.525. The quantitative estimate of drug-likeness (QED) is 0.670. The van der Waals surface area contributed by atoms with Crippen LogP contribution in [0.5, 0.6) is 0 Å². The third-order valence-electron chi connectivity index (χ3n) is 2.70. The monoisotopic (exact) mass is 344 g/mol. The zero-order valence-electron chi connectivity index (χ0n) is 11.1. The maximum absolute atomic E-state index is 11.8. The molecular weight excluding hydrogens is 332 g/mol. The van der Waals surface area contributed by atoms with E-state index in [2.05, 4.69) is 26.2 Å². The van der Waals surface area contributed by atoms with Crippen molar-refractivity contribution in [3.8, 4) is 0 Å². The van der Waals surface area contributed by atoms with Crippen molar-refractivity contribution in [3.63, 3.8) is 0 Å². The molecular formula is C16H13BrN2O2. The van der Waals surface area contributed by atoms with Gasteiger partial charge in [0.2, 0.25) is 5.91 Å². The largest absolute Gasteiger partial charge is 0.348 e. The van der Waals surface area contributed by atoms with E-state index in [4.69, 9.17) is 0 Å². The zero-order valence-corrected chi connectivity index (χ0v) is 12.7. The number of ketones is 1. The SMILES string of the molecule is O=C(/C=C/C(=O)c1ccc(Br)cc1)NCc1cccnc1. The number of aromatic nitrogens is 1.